The molecule has 0 aromatic rings. The monoisotopic (exact) mass is 222 g/mol. The van der Waals surface area contributed by atoms with E-state index < -0.39 is 12.1 Å². The molecule has 2 rings (SSSR count). The van der Waals surface area contributed by atoms with E-state index in [9.17, 15) is 18.0 Å². The molecule has 0 bridgehead atoms. The van der Waals surface area contributed by atoms with Gasteiger partial charge in [-0.15, -0.1) is 0 Å². The summed E-state index contributed by atoms with van der Waals surface area (Å²) in [6.07, 6.45) is -2.43. The van der Waals surface area contributed by atoms with Gasteiger partial charge in [-0.25, -0.2) is 0 Å². The molecule has 0 unspecified atom stereocenters. The molecule has 3 nitrogen and oxygen atoms in total. The molecule has 1 aliphatic heterocycles. The van der Waals surface area contributed by atoms with Crippen LogP contribution in [-0.2, 0) is 4.79 Å². The van der Waals surface area contributed by atoms with Crippen molar-refractivity contribution in [1.82, 2.24) is 9.80 Å². The lowest BCUT2D eigenvalue weighted by Gasteiger charge is -2.34. The van der Waals surface area contributed by atoms with Crippen molar-refractivity contribution < 1.29 is 18.0 Å². The molecule has 0 N–H and O–H groups in total. The standard InChI is InChI=1S/C9H13F3N2O/c10-9(11,12)8(15)14-5-3-13(4-6-14)7-1-2-7/h7H,1-6H2. The van der Waals surface area contributed by atoms with Crippen LogP contribution in [0.25, 0.3) is 0 Å². The molecule has 0 aromatic heterocycles. The number of amides is 1. The maximum atomic E-state index is 12.1. The Morgan fingerprint density at radius 1 is 1.07 bits per heavy atom. The van der Waals surface area contributed by atoms with Gasteiger partial charge in [-0.2, -0.15) is 13.2 Å². The first kappa shape index (κ1) is 10.7. The summed E-state index contributed by atoms with van der Waals surface area (Å²) in [7, 11) is 0. The van der Waals surface area contributed by atoms with Crippen LogP contribution in [0.4, 0.5) is 13.2 Å². The minimum Gasteiger partial charge on any atom is -0.332 e. The van der Waals surface area contributed by atoms with Gasteiger partial charge < -0.3 is 4.90 Å². The molecule has 0 atom stereocenters. The molecule has 1 saturated heterocycles. The van der Waals surface area contributed by atoms with Gasteiger partial charge in [0.15, 0.2) is 0 Å². The molecule has 2 aliphatic rings. The third-order valence-electron chi connectivity index (χ3n) is 2.91. The zero-order valence-corrected chi connectivity index (χ0v) is 8.26. The third-order valence-corrected chi connectivity index (χ3v) is 2.91. The maximum absolute atomic E-state index is 12.1. The lowest BCUT2D eigenvalue weighted by molar-refractivity contribution is -0.187. The van der Waals surface area contributed by atoms with Gasteiger partial charge >= 0.3 is 12.1 Å². The fraction of sp³-hybridized carbons (Fsp3) is 0.889. The van der Waals surface area contributed by atoms with Gasteiger partial charge in [0, 0.05) is 32.2 Å². The minimum atomic E-state index is -4.72. The Morgan fingerprint density at radius 3 is 2.00 bits per heavy atom. The Bertz CT molecular complexity index is 255. The van der Waals surface area contributed by atoms with Crippen LogP contribution in [0.15, 0.2) is 0 Å². The number of alkyl halides is 3. The van der Waals surface area contributed by atoms with Crippen LogP contribution in [0.3, 0.4) is 0 Å². The zero-order chi connectivity index (χ0) is 11.1. The molecule has 0 spiro atoms. The van der Waals surface area contributed by atoms with Crippen LogP contribution in [0.5, 0.6) is 0 Å². The van der Waals surface area contributed by atoms with Crippen molar-refractivity contribution in [2.75, 3.05) is 26.2 Å². The van der Waals surface area contributed by atoms with E-state index in [4.69, 9.17) is 0 Å². The summed E-state index contributed by atoms with van der Waals surface area (Å²) in [5.74, 6) is -1.70. The highest BCUT2D eigenvalue weighted by Crippen LogP contribution is 2.28. The highest BCUT2D eigenvalue weighted by molar-refractivity contribution is 5.81. The minimum absolute atomic E-state index is 0.203. The van der Waals surface area contributed by atoms with E-state index in [0.717, 1.165) is 17.7 Å². The number of nitrogens with zero attached hydrogens (tertiary/aromatic N) is 2. The van der Waals surface area contributed by atoms with Crippen molar-refractivity contribution >= 4 is 5.91 Å². The summed E-state index contributed by atoms with van der Waals surface area (Å²) in [6.45, 7) is 1.56. The van der Waals surface area contributed by atoms with Gasteiger partial charge in [-0.1, -0.05) is 0 Å². The molecule has 2 fully saturated rings. The average Bonchev–Trinajstić information content (AvgIpc) is 2.99. The summed E-state index contributed by atoms with van der Waals surface area (Å²) in [5, 5.41) is 0. The lowest BCUT2D eigenvalue weighted by Crippen LogP contribution is -2.52. The van der Waals surface area contributed by atoms with Crippen molar-refractivity contribution in [3.8, 4) is 0 Å². The molecule has 1 amide bonds. The summed E-state index contributed by atoms with van der Waals surface area (Å²) in [6, 6.07) is 0.563. The van der Waals surface area contributed by atoms with Crippen molar-refractivity contribution in [1.29, 1.82) is 0 Å². The summed E-state index contributed by atoms with van der Waals surface area (Å²) >= 11 is 0. The molecule has 86 valence electrons. The second-order valence-electron chi connectivity index (χ2n) is 4.06. The quantitative estimate of drug-likeness (QED) is 0.656. The van der Waals surface area contributed by atoms with Crippen LogP contribution in [0.1, 0.15) is 12.8 Å². The predicted octanol–water partition coefficient (Wildman–Crippen LogP) is 0.855. The smallest absolute Gasteiger partial charge is 0.332 e. The first-order valence-electron chi connectivity index (χ1n) is 5.08. The van der Waals surface area contributed by atoms with Gasteiger partial charge in [0.05, 0.1) is 0 Å². The largest absolute Gasteiger partial charge is 0.471 e. The van der Waals surface area contributed by atoms with E-state index >= 15 is 0 Å². The van der Waals surface area contributed by atoms with Crippen molar-refractivity contribution in [2.45, 2.75) is 25.1 Å². The number of piperazine rings is 1. The van der Waals surface area contributed by atoms with Crippen LogP contribution >= 0.6 is 0 Å². The van der Waals surface area contributed by atoms with Crippen LogP contribution in [-0.4, -0.2) is 54.1 Å². The van der Waals surface area contributed by atoms with Crippen LogP contribution < -0.4 is 0 Å². The molecule has 1 heterocycles. The van der Waals surface area contributed by atoms with Crippen LogP contribution in [0, 0.1) is 0 Å². The Labute approximate surface area is 85.8 Å². The molecular formula is C9H13F3N2O. The van der Waals surface area contributed by atoms with Gasteiger partial charge in [-0.3, -0.25) is 9.69 Å². The predicted molar refractivity (Wildman–Crippen MR) is 47.2 cm³/mol. The molecule has 6 heteroatoms. The maximum Gasteiger partial charge on any atom is 0.471 e. The summed E-state index contributed by atoms with van der Waals surface area (Å²) in [4.78, 5) is 14.0. The fourth-order valence-electron chi connectivity index (χ4n) is 1.91. The average molecular weight is 222 g/mol. The Kier molecular flexibility index (Phi) is 2.62. The Morgan fingerprint density at radius 2 is 1.60 bits per heavy atom. The molecule has 15 heavy (non-hydrogen) atoms. The topological polar surface area (TPSA) is 23.6 Å². The fourth-order valence-corrected chi connectivity index (χ4v) is 1.91. The summed E-state index contributed by atoms with van der Waals surface area (Å²) < 4.78 is 36.3. The highest BCUT2D eigenvalue weighted by atomic mass is 19.4. The molecular weight excluding hydrogens is 209 g/mol. The lowest BCUT2D eigenvalue weighted by atomic mass is 10.3. The first-order chi connectivity index (χ1) is 6.98. The van der Waals surface area contributed by atoms with E-state index in [1.54, 1.807) is 0 Å². The normalized spacial score (nSPS) is 24.3. The van der Waals surface area contributed by atoms with Gasteiger partial charge in [0.1, 0.15) is 0 Å². The zero-order valence-electron chi connectivity index (χ0n) is 8.26. The van der Waals surface area contributed by atoms with Gasteiger partial charge in [-0.05, 0) is 12.8 Å². The number of hydrogen-bond donors (Lipinski definition) is 0. The number of carbonyl (C=O) groups excluding carboxylic acids is 1. The highest BCUT2D eigenvalue weighted by Gasteiger charge is 2.43. The Hall–Kier alpha value is -0.780. The number of hydrogen-bond acceptors (Lipinski definition) is 2. The van der Waals surface area contributed by atoms with E-state index in [1.807, 2.05) is 0 Å². The number of carbonyl (C=O) groups is 1. The van der Waals surface area contributed by atoms with Gasteiger partial charge in [0.2, 0.25) is 0 Å². The van der Waals surface area contributed by atoms with E-state index in [0.29, 0.717) is 19.1 Å². The van der Waals surface area contributed by atoms with E-state index in [-0.39, 0.29) is 13.1 Å². The first-order valence-corrected chi connectivity index (χ1v) is 5.08. The second-order valence-corrected chi connectivity index (χ2v) is 4.06. The number of rotatable bonds is 1. The SMILES string of the molecule is O=C(N1CCN(C2CC2)CC1)C(F)(F)F. The van der Waals surface area contributed by atoms with Crippen molar-refractivity contribution in [3.63, 3.8) is 0 Å². The molecule has 0 radical (unpaired) electrons. The Balaban J connectivity index is 1.84. The third kappa shape index (κ3) is 2.42. The van der Waals surface area contributed by atoms with E-state index in [2.05, 4.69) is 4.90 Å². The summed E-state index contributed by atoms with van der Waals surface area (Å²) in [5.41, 5.74) is 0. The van der Waals surface area contributed by atoms with Crippen molar-refractivity contribution in [2.24, 2.45) is 0 Å². The van der Waals surface area contributed by atoms with Crippen molar-refractivity contribution in [3.05, 3.63) is 0 Å². The second kappa shape index (κ2) is 3.66. The van der Waals surface area contributed by atoms with Crippen LogP contribution in [0.2, 0.25) is 0 Å². The van der Waals surface area contributed by atoms with E-state index in [1.165, 1.54) is 0 Å². The molecule has 0 aromatic carbocycles. The molecule has 1 saturated carbocycles. The van der Waals surface area contributed by atoms with Gasteiger partial charge in [0.25, 0.3) is 0 Å². The number of halogens is 3. The molecule has 1 aliphatic carbocycles.